The molecule has 1 fully saturated rings. The van der Waals surface area contributed by atoms with Gasteiger partial charge in [-0.25, -0.2) is 0 Å². The molecular formula is C14H15N3O5. The van der Waals surface area contributed by atoms with Crippen molar-refractivity contribution in [2.45, 2.75) is 26.7 Å². The van der Waals surface area contributed by atoms with Gasteiger partial charge in [-0.2, -0.15) is 0 Å². The molecule has 0 bridgehead atoms. The van der Waals surface area contributed by atoms with Gasteiger partial charge in [0.25, 0.3) is 5.69 Å². The largest absolute Gasteiger partial charge is 0.319 e. The Kier molecular flexibility index (Phi) is 4.20. The van der Waals surface area contributed by atoms with Crippen LogP contribution in [0.25, 0.3) is 0 Å². The van der Waals surface area contributed by atoms with Gasteiger partial charge in [-0.15, -0.1) is 0 Å². The van der Waals surface area contributed by atoms with E-state index < -0.39 is 29.2 Å². The number of anilines is 1. The van der Waals surface area contributed by atoms with Gasteiger partial charge in [0, 0.05) is 18.9 Å². The van der Waals surface area contributed by atoms with Crippen molar-refractivity contribution in [2.75, 3.05) is 11.9 Å². The maximum absolute atomic E-state index is 12.0. The Morgan fingerprint density at radius 3 is 2.32 bits per heavy atom. The number of nitrogens with zero attached hydrogens (tertiary/aromatic N) is 2. The highest BCUT2D eigenvalue weighted by atomic mass is 16.6. The second kappa shape index (κ2) is 5.92. The summed E-state index contributed by atoms with van der Waals surface area (Å²) in [6.45, 7) is 3.07. The second-order valence-electron chi connectivity index (χ2n) is 5.13. The van der Waals surface area contributed by atoms with Crippen molar-refractivity contribution in [2.24, 2.45) is 0 Å². The molecule has 1 aliphatic rings. The highest BCUT2D eigenvalue weighted by molar-refractivity contribution is 6.06. The molecule has 1 aliphatic heterocycles. The third-order valence-electron chi connectivity index (χ3n) is 3.54. The minimum absolute atomic E-state index is 0.0530. The molecule has 1 saturated heterocycles. The molecule has 1 N–H and O–H groups in total. The number of aryl methyl sites for hydroxylation is 2. The standard InChI is InChI=1S/C14H15N3O5/c1-8-5-10(11(17(21)22)6-9(8)2)15-12(18)7-16-13(19)3-4-14(16)20/h5-6H,3-4,7H2,1-2H3,(H,15,18). The number of amides is 3. The SMILES string of the molecule is Cc1cc(NC(=O)CN2C(=O)CCC2=O)c([N+](=O)[O-])cc1C. The number of carbonyl (C=O) groups excluding carboxylic acids is 3. The van der Waals surface area contributed by atoms with Crippen LogP contribution in [-0.2, 0) is 14.4 Å². The number of likely N-dealkylation sites (tertiary alicyclic amines) is 1. The molecule has 0 aliphatic carbocycles. The maximum Gasteiger partial charge on any atom is 0.293 e. The van der Waals surface area contributed by atoms with Gasteiger partial charge in [0.1, 0.15) is 12.2 Å². The maximum atomic E-state index is 12.0. The van der Waals surface area contributed by atoms with E-state index in [4.69, 9.17) is 0 Å². The molecule has 3 amide bonds. The Balaban J connectivity index is 2.18. The number of rotatable bonds is 4. The quantitative estimate of drug-likeness (QED) is 0.512. The van der Waals surface area contributed by atoms with Crippen molar-refractivity contribution in [3.63, 3.8) is 0 Å². The molecule has 1 heterocycles. The first-order valence-corrected chi connectivity index (χ1v) is 6.68. The first-order chi connectivity index (χ1) is 10.3. The molecule has 0 saturated carbocycles. The molecular weight excluding hydrogens is 290 g/mol. The predicted octanol–water partition coefficient (Wildman–Crippen LogP) is 1.30. The fraction of sp³-hybridized carbons (Fsp3) is 0.357. The molecule has 0 unspecified atom stereocenters. The number of nitro groups is 1. The average molecular weight is 305 g/mol. The van der Waals surface area contributed by atoms with Crippen LogP contribution in [0.15, 0.2) is 12.1 Å². The molecule has 0 spiro atoms. The van der Waals surface area contributed by atoms with E-state index in [1.54, 1.807) is 13.8 Å². The molecule has 22 heavy (non-hydrogen) atoms. The third-order valence-corrected chi connectivity index (χ3v) is 3.54. The second-order valence-corrected chi connectivity index (χ2v) is 5.13. The number of nitro benzene ring substituents is 1. The third kappa shape index (κ3) is 3.11. The lowest BCUT2D eigenvalue weighted by atomic mass is 10.1. The van der Waals surface area contributed by atoms with Crippen LogP contribution in [0.3, 0.4) is 0 Å². The summed E-state index contributed by atoms with van der Waals surface area (Å²) in [4.78, 5) is 46.2. The monoisotopic (exact) mass is 305 g/mol. The minimum atomic E-state index is -0.644. The molecule has 0 atom stereocenters. The van der Waals surface area contributed by atoms with Gasteiger partial charge in [0.2, 0.25) is 17.7 Å². The Labute approximate surface area is 126 Å². The lowest BCUT2D eigenvalue weighted by molar-refractivity contribution is -0.384. The van der Waals surface area contributed by atoms with Crippen molar-refractivity contribution < 1.29 is 19.3 Å². The van der Waals surface area contributed by atoms with E-state index in [0.717, 1.165) is 16.0 Å². The average Bonchev–Trinajstić information content (AvgIpc) is 2.74. The first-order valence-electron chi connectivity index (χ1n) is 6.68. The number of hydrogen-bond donors (Lipinski definition) is 1. The lowest BCUT2D eigenvalue weighted by Gasteiger charge is -2.14. The molecule has 1 aromatic carbocycles. The number of nitrogens with one attached hydrogen (secondary N) is 1. The summed E-state index contributed by atoms with van der Waals surface area (Å²) in [6.07, 6.45) is 0.186. The van der Waals surface area contributed by atoms with Gasteiger partial charge in [0.05, 0.1) is 4.92 Å². The van der Waals surface area contributed by atoms with E-state index in [1.165, 1.54) is 12.1 Å². The van der Waals surface area contributed by atoms with Crippen molar-refractivity contribution in [1.29, 1.82) is 0 Å². The highest BCUT2D eigenvalue weighted by Crippen LogP contribution is 2.28. The van der Waals surface area contributed by atoms with Crippen molar-refractivity contribution in [3.8, 4) is 0 Å². The summed E-state index contributed by atoms with van der Waals surface area (Å²) >= 11 is 0. The molecule has 8 nitrogen and oxygen atoms in total. The van der Waals surface area contributed by atoms with E-state index in [1.807, 2.05) is 0 Å². The van der Waals surface area contributed by atoms with Gasteiger partial charge in [-0.05, 0) is 31.0 Å². The molecule has 0 radical (unpaired) electrons. The van der Waals surface area contributed by atoms with Gasteiger partial charge < -0.3 is 5.32 Å². The van der Waals surface area contributed by atoms with Gasteiger partial charge >= 0.3 is 0 Å². The zero-order valence-corrected chi connectivity index (χ0v) is 12.2. The summed E-state index contributed by atoms with van der Waals surface area (Å²) < 4.78 is 0. The van der Waals surface area contributed by atoms with Crippen LogP contribution in [0.2, 0.25) is 0 Å². The number of hydrogen-bond acceptors (Lipinski definition) is 5. The van der Waals surface area contributed by atoms with E-state index in [0.29, 0.717) is 0 Å². The lowest BCUT2D eigenvalue weighted by Crippen LogP contribution is -2.37. The Bertz CT molecular complexity index is 667. The zero-order valence-electron chi connectivity index (χ0n) is 12.2. The first kappa shape index (κ1) is 15.6. The fourth-order valence-corrected chi connectivity index (χ4v) is 2.18. The molecule has 1 aromatic rings. The van der Waals surface area contributed by atoms with E-state index >= 15 is 0 Å². The highest BCUT2D eigenvalue weighted by Gasteiger charge is 2.30. The summed E-state index contributed by atoms with van der Waals surface area (Å²) in [5, 5.41) is 13.5. The number of imide groups is 1. The van der Waals surface area contributed by atoms with Crippen molar-refractivity contribution in [1.82, 2.24) is 4.90 Å². The molecule has 116 valence electrons. The summed E-state index contributed by atoms with van der Waals surface area (Å²) in [5.41, 5.74) is 1.34. The summed E-state index contributed by atoms with van der Waals surface area (Å²) in [7, 11) is 0. The Hall–Kier alpha value is -2.77. The van der Waals surface area contributed by atoms with Crippen molar-refractivity contribution in [3.05, 3.63) is 33.4 Å². The Morgan fingerprint density at radius 2 is 1.77 bits per heavy atom. The van der Waals surface area contributed by atoms with Crippen LogP contribution in [0.4, 0.5) is 11.4 Å². The van der Waals surface area contributed by atoms with Gasteiger partial charge in [-0.1, -0.05) is 0 Å². The van der Waals surface area contributed by atoms with Crippen LogP contribution < -0.4 is 5.32 Å². The minimum Gasteiger partial charge on any atom is -0.319 e. The van der Waals surface area contributed by atoms with Crippen LogP contribution in [-0.4, -0.2) is 34.1 Å². The van der Waals surface area contributed by atoms with Crippen LogP contribution >= 0.6 is 0 Å². The zero-order chi connectivity index (χ0) is 16.4. The van der Waals surface area contributed by atoms with Crippen LogP contribution in [0, 0.1) is 24.0 Å². The normalized spacial score (nSPS) is 14.4. The topological polar surface area (TPSA) is 110 Å². The van der Waals surface area contributed by atoms with Crippen molar-refractivity contribution >= 4 is 29.1 Å². The molecule has 2 rings (SSSR count). The van der Waals surface area contributed by atoms with Gasteiger partial charge in [0.15, 0.2) is 0 Å². The number of carbonyl (C=O) groups is 3. The number of benzene rings is 1. The Morgan fingerprint density at radius 1 is 1.23 bits per heavy atom. The van der Waals surface area contributed by atoms with E-state index in [2.05, 4.69) is 5.32 Å². The predicted molar refractivity (Wildman–Crippen MR) is 77.2 cm³/mol. The smallest absolute Gasteiger partial charge is 0.293 e. The van der Waals surface area contributed by atoms with Gasteiger partial charge in [-0.3, -0.25) is 29.4 Å². The summed E-state index contributed by atoms with van der Waals surface area (Å²) in [6, 6.07) is 2.87. The summed E-state index contributed by atoms with van der Waals surface area (Å²) in [5.74, 6) is -1.46. The molecule has 0 aromatic heterocycles. The fourth-order valence-electron chi connectivity index (χ4n) is 2.18. The van der Waals surface area contributed by atoms with Crippen LogP contribution in [0.1, 0.15) is 24.0 Å². The van der Waals surface area contributed by atoms with Crippen LogP contribution in [0.5, 0.6) is 0 Å². The molecule has 8 heteroatoms. The van der Waals surface area contributed by atoms with E-state index in [-0.39, 0.29) is 24.2 Å². The van der Waals surface area contributed by atoms with E-state index in [9.17, 15) is 24.5 Å².